The highest BCUT2D eigenvalue weighted by Crippen LogP contribution is 1.86. The maximum atomic E-state index is 11.2. The lowest BCUT2D eigenvalue weighted by molar-refractivity contribution is -0.128. The normalized spacial score (nSPS) is 13.9. The summed E-state index contributed by atoms with van der Waals surface area (Å²) < 4.78 is 0. The molecule has 6 heteroatoms. The van der Waals surface area contributed by atoms with Gasteiger partial charge in [0, 0.05) is 0 Å². The Morgan fingerprint density at radius 1 is 1.36 bits per heavy atom. The Labute approximate surface area is 82.2 Å². The highest BCUT2D eigenvalue weighted by atomic mass is 16.2. The van der Waals surface area contributed by atoms with Gasteiger partial charge in [0.15, 0.2) is 5.78 Å². The molecule has 6 nitrogen and oxygen atoms in total. The summed E-state index contributed by atoms with van der Waals surface area (Å²) in [5.74, 6) is -0.664. The van der Waals surface area contributed by atoms with Gasteiger partial charge in [-0.15, -0.1) is 0 Å². The Morgan fingerprint density at radius 3 is 2.36 bits per heavy atom. The van der Waals surface area contributed by atoms with Crippen LogP contribution in [0.3, 0.4) is 0 Å². The number of hydrogen-bond donors (Lipinski definition) is 3. The number of ketones is 1. The van der Waals surface area contributed by atoms with Crippen molar-refractivity contribution in [1.82, 2.24) is 10.6 Å². The lowest BCUT2D eigenvalue weighted by Gasteiger charge is -2.15. The number of carbonyl (C=O) groups is 3. The molecule has 0 aromatic heterocycles. The first kappa shape index (κ1) is 12.6. The zero-order chi connectivity index (χ0) is 11.1. The average molecular weight is 201 g/mol. The van der Waals surface area contributed by atoms with E-state index in [1.807, 2.05) is 0 Å². The van der Waals surface area contributed by atoms with Crippen LogP contribution >= 0.6 is 0 Å². The molecular formula is C8H15N3O3. The van der Waals surface area contributed by atoms with Gasteiger partial charge >= 0.3 is 0 Å². The number of Topliss-reactive ketones (excluding diaryl/α,β-unsaturated/α-hetero) is 1. The van der Waals surface area contributed by atoms with Gasteiger partial charge in [0.2, 0.25) is 12.3 Å². The first-order valence-corrected chi connectivity index (χ1v) is 4.25. The predicted molar refractivity (Wildman–Crippen MR) is 50.3 cm³/mol. The number of nitrogens with one attached hydrogen (secondary N) is 2. The molecule has 0 aromatic rings. The van der Waals surface area contributed by atoms with Crippen molar-refractivity contribution in [3.8, 4) is 0 Å². The minimum absolute atomic E-state index is 0.114. The summed E-state index contributed by atoms with van der Waals surface area (Å²) in [5, 5.41) is 4.70. The Kier molecular flexibility index (Phi) is 5.47. The largest absolute Gasteiger partial charge is 0.347 e. The molecule has 0 saturated carbocycles. The van der Waals surface area contributed by atoms with Crippen LogP contribution in [0, 0.1) is 0 Å². The van der Waals surface area contributed by atoms with Crippen LogP contribution in [0.2, 0.25) is 0 Å². The van der Waals surface area contributed by atoms with Crippen molar-refractivity contribution in [2.24, 2.45) is 5.73 Å². The molecule has 14 heavy (non-hydrogen) atoms. The molecule has 0 aromatic carbocycles. The van der Waals surface area contributed by atoms with Crippen molar-refractivity contribution >= 4 is 18.1 Å². The lowest BCUT2D eigenvalue weighted by Crippen LogP contribution is -2.48. The fourth-order valence-corrected chi connectivity index (χ4v) is 0.773. The van der Waals surface area contributed by atoms with Crippen molar-refractivity contribution in [3.05, 3.63) is 0 Å². The van der Waals surface area contributed by atoms with Crippen LogP contribution in [-0.2, 0) is 14.4 Å². The van der Waals surface area contributed by atoms with Crippen molar-refractivity contribution in [1.29, 1.82) is 0 Å². The van der Waals surface area contributed by atoms with Crippen LogP contribution in [0.5, 0.6) is 0 Å². The van der Waals surface area contributed by atoms with Gasteiger partial charge < -0.3 is 16.4 Å². The molecule has 2 unspecified atom stereocenters. The van der Waals surface area contributed by atoms with E-state index in [-0.39, 0.29) is 12.3 Å². The highest BCUT2D eigenvalue weighted by molar-refractivity contribution is 5.91. The molecule has 0 heterocycles. The Hall–Kier alpha value is -1.43. The van der Waals surface area contributed by atoms with Crippen LogP contribution in [0.1, 0.15) is 13.8 Å². The van der Waals surface area contributed by atoms with Gasteiger partial charge in [-0.25, -0.2) is 0 Å². The van der Waals surface area contributed by atoms with Gasteiger partial charge in [-0.3, -0.25) is 14.4 Å². The number of amides is 2. The second kappa shape index (κ2) is 6.09. The molecule has 0 saturated heterocycles. The Morgan fingerprint density at radius 2 is 1.93 bits per heavy atom. The van der Waals surface area contributed by atoms with E-state index in [2.05, 4.69) is 10.6 Å². The van der Waals surface area contributed by atoms with Gasteiger partial charge in [0.05, 0.1) is 12.6 Å². The fraction of sp³-hybridized carbons (Fsp3) is 0.625. The van der Waals surface area contributed by atoms with E-state index in [0.717, 1.165) is 0 Å². The molecular weight excluding hydrogens is 186 g/mol. The maximum absolute atomic E-state index is 11.2. The van der Waals surface area contributed by atoms with Crippen molar-refractivity contribution in [2.75, 3.05) is 6.54 Å². The molecule has 0 radical (unpaired) electrons. The van der Waals surface area contributed by atoms with Crippen LogP contribution < -0.4 is 16.4 Å². The van der Waals surface area contributed by atoms with E-state index in [4.69, 9.17) is 5.73 Å². The van der Waals surface area contributed by atoms with Crippen molar-refractivity contribution in [3.63, 3.8) is 0 Å². The molecule has 0 spiro atoms. The van der Waals surface area contributed by atoms with Gasteiger partial charge in [-0.05, 0) is 13.8 Å². The van der Waals surface area contributed by atoms with Crippen molar-refractivity contribution in [2.45, 2.75) is 25.9 Å². The molecule has 0 aliphatic heterocycles. The first-order chi connectivity index (χ1) is 6.52. The highest BCUT2D eigenvalue weighted by Gasteiger charge is 2.17. The van der Waals surface area contributed by atoms with E-state index < -0.39 is 18.0 Å². The summed E-state index contributed by atoms with van der Waals surface area (Å²) in [5.41, 5.74) is 5.11. The van der Waals surface area contributed by atoms with Crippen LogP contribution in [0.15, 0.2) is 0 Å². The van der Waals surface area contributed by atoms with E-state index in [1.165, 1.54) is 6.92 Å². The molecule has 0 bridgehead atoms. The minimum atomic E-state index is -0.652. The van der Waals surface area contributed by atoms with Gasteiger partial charge in [0.25, 0.3) is 0 Å². The van der Waals surface area contributed by atoms with E-state index in [1.54, 1.807) is 6.92 Å². The SMILES string of the molecule is CC(NC(=O)C(C)NC=O)C(=O)CN. The average Bonchev–Trinajstić information content (AvgIpc) is 2.16. The van der Waals surface area contributed by atoms with Crippen molar-refractivity contribution < 1.29 is 14.4 Å². The quantitative estimate of drug-likeness (QED) is 0.439. The summed E-state index contributed by atoms with van der Waals surface area (Å²) in [6, 6.07) is -1.27. The molecule has 0 fully saturated rings. The second-order valence-electron chi connectivity index (χ2n) is 2.91. The predicted octanol–water partition coefficient (Wildman–Crippen LogP) is -1.85. The maximum Gasteiger partial charge on any atom is 0.242 e. The smallest absolute Gasteiger partial charge is 0.242 e. The van der Waals surface area contributed by atoms with Gasteiger partial charge in [0.1, 0.15) is 6.04 Å². The summed E-state index contributed by atoms with van der Waals surface area (Å²) in [7, 11) is 0. The lowest BCUT2D eigenvalue weighted by atomic mass is 10.2. The number of nitrogens with two attached hydrogens (primary N) is 1. The summed E-state index contributed by atoms with van der Waals surface area (Å²) in [6.45, 7) is 2.95. The van der Waals surface area contributed by atoms with Crippen LogP contribution in [0.25, 0.3) is 0 Å². The van der Waals surface area contributed by atoms with Crippen LogP contribution in [0.4, 0.5) is 0 Å². The molecule has 0 rings (SSSR count). The molecule has 0 aliphatic carbocycles. The van der Waals surface area contributed by atoms with E-state index >= 15 is 0 Å². The molecule has 80 valence electrons. The minimum Gasteiger partial charge on any atom is -0.347 e. The van der Waals surface area contributed by atoms with Crippen LogP contribution in [-0.4, -0.2) is 36.7 Å². The standard InChI is InChI=1S/C8H15N3O3/c1-5(7(13)3-9)11-8(14)6(2)10-4-12/h4-6H,3,9H2,1-2H3,(H,10,12)(H,11,14). The molecule has 0 aliphatic rings. The van der Waals surface area contributed by atoms with E-state index in [0.29, 0.717) is 6.41 Å². The van der Waals surface area contributed by atoms with Gasteiger partial charge in [-0.2, -0.15) is 0 Å². The number of hydrogen-bond acceptors (Lipinski definition) is 4. The third-order valence-electron chi connectivity index (χ3n) is 1.75. The molecule has 4 N–H and O–H groups in total. The third-order valence-corrected chi connectivity index (χ3v) is 1.75. The monoisotopic (exact) mass is 201 g/mol. The first-order valence-electron chi connectivity index (χ1n) is 4.25. The fourth-order valence-electron chi connectivity index (χ4n) is 0.773. The Balaban J connectivity index is 4.04. The zero-order valence-corrected chi connectivity index (χ0v) is 8.24. The number of rotatable bonds is 6. The molecule has 2 atom stereocenters. The Bertz CT molecular complexity index is 230. The van der Waals surface area contributed by atoms with E-state index in [9.17, 15) is 14.4 Å². The summed E-state index contributed by atoms with van der Waals surface area (Å²) >= 11 is 0. The third kappa shape index (κ3) is 3.99. The summed E-state index contributed by atoms with van der Waals surface area (Å²) in [6.07, 6.45) is 0.430. The van der Waals surface area contributed by atoms with Gasteiger partial charge in [-0.1, -0.05) is 0 Å². The second-order valence-corrected chi connectivity index (χ2v) is 2.91. The number of carbonyl (C=O) groups excluding carboxylic acids is 3. The summed E-state index contributed by atoms with van der Waals surface area (Å²) in [4.78, 5) is 32.3. The molecule has 2 amide bonds. The zero-order valence-electron chi connectivity index (χ0n) is 8.24. The topological polar surface area (TPSA) is 101 Å².